The van der Waals surface area contributed by atoms with Crippen LogP contribution in [0.1, 0.15) is 29.3 Å². The molecule has 6 heteroatoms. The van der Waals surface area contributed by atoms with E-state index in [1.807, 2.05) is 24.4 Å². The molecule has 0 atom stereocenters. The Labute approximate surface area is 178 Å². The Balaban J connectivity index is 0.00000261. The molecule has 0 amide bonds. The van der Waals surface area contributed by atoms with Crippen molar-refractivity contribution in [3.63, 3.8) is 0 Å². The van der Waals surface area contributed by atoms with Gasteiger partial charge in [-0.25, -0.2) is 9.98 Å². The molecular formula is C21H28IN5. The monoisotopic (exact) mass is 477 g/mol. The van der Waals surface area contributed by atoms with Gasteiger partial charge in [-0.05, 0) is 44.0 Å². The molecule has 0 radical (unpaired) electrons. The third kappa shape index (κ3) is 5.95. The summed E-state index contributed by atoms with van der Waals surface area (Å²) in [7, 11) is 0. The van der Waals surface area contributed by atoms with E-state index < -0.39 is 0 Å². The number of aliphatic imine (C=N–C) groups is 1. The van der Waals surface area contributed by atoms with Crippen molar-refractivity contribution in [2.75, 3.05) is 13.1 Å². The minimum atomic E-state index is 0. The molecule has 3 aromatic rings. The molecular weight excluding hydrogens is 449 g/mol. The molecule has 5 nitrogen and oxygen atoms in total. The van der Waals surface area contributed by atoms with Gasteiger partial charge in [-0.2, -0.15) is 0 Å². The first-order valence-corrected chi connectivity index (χ1v) is 9.16. The van der Waals surface area contributed by atoms with Gasteiger partial charge in [-0.1, -0.05) is 29.8 Å². The van der Waals surface area contributed by atoms with E-state index in [-0.39, 0.29) is 24.0 Å². The molecule has 1 aromatic carbocycles. The van der Waals surface area contributed by atoms with Crippen molar-refractivity contribution in [1.29, 1.82) is 0 Å². The molecule has 0 fully saturated rings. The summed E-state index contributed by atoms with van der Waals surface area (Å²) < 4.78 is 2.05. The van der Waals surface area contributed by atoms with Gasteiger partial charge >= 0.3 is 0 Å². The molecule has 2 aromatic heterocycles. The number of hydrogen-bond donors (Lipinski definition) is 2. The van der Waals surface area contributed by atoms with E-state index in [1.165, 1.54) is 16.7 Å². The quantitative estimate of drug-likeness (QED) is 0.322. The molecule has 2 heterocycles. The van der Waals surface area contributed by atoms with E-state index in [0.717, 1.165) is 36.8 Å². The van der Waals surface area contributed by atoms with Crippen LogP contribution in [0.4, 0.5) is 0 Å². The number of nitrogens with one attached hydrogen (secondary N) is 2. The lowest BCUT2D eigenvalue weighted by atomic mass is 10.1. The summed E-state index contributed by atoms with van der Waals surface area (Å²) in [6.45, 7) is 8.65. The van der Waals surface area contributed by atoms with Gasteiger partial charge in [0.2, 0.25) is 0 Å². The van der Waals surface area contributed by atoms with Gasteiger partial charge in [0.25, 0.3) is 0 Å². The third-order valence-corrected chi connectivity index (χ3v) is 4.34. The SMILES string of the molecule is CCNC(=NCc1ccc(C)cc1C)NCCc1cn2ccccc2n1.I. The number of imidazole rings is 1. The fraction of sp³-hybridized carbons (Fsp3) is 0.333. The zero-order chi connectivity index (χ0) is 18.4. The second-order valence-corrected chi connectivity index (χ2v) is 6.50. The molecule has 0 spiro atoms. The summed E-state index contributed by atoms with van der Waals surface area (Å²) in [6.07, 6.45) is 4.96. The van der Waals surface area contributed by atoms with Crippen LogP contribution < -0.4 is 10.6 Å². The lowest BCUT2D eigenvalue weighted by Crippen LogP contribution is -2.38. The summed E-state index contributed by atoms with van der Waals surface area (Å²) >= 11 is 0. The number of benzene rings is 1. The van der Waals surface area contributed by atoms with E-state index in [4.69, 9.17) is 4.99 Å². The van der Waals surface area contributed by atoms with Crippen LogP contribution in [0.2, 0.25) is 0 Å². The lowest BCUT2D eigenvalue weighted by Gasteiger charge is -2.11. The van der Waals surface area contributed by atoms with Crippen molar-refractivity contribution in [2.24, 2.45) is 4.99 Å². The van der Waals surface area contributed by atoms with Crippen LogP contribution in [0, 0.1) is 13.8 Å². The average molecular weight is 477 g/mol. The van der Waals surface area contributed by atoms with E-state index in [2.05, 4.69) is 65.2 Å². The highest BCUT2D eigenvalue weighted by Gasteiger charge is 2.03. The minimum Gasteiger partial charge on any atom is -0.357 e. The first kappa shape index (κ1) is 21.2. The van der Waals surface area contributed by atoms with Gasteiger partial charge in [0.05, 0.1) is 12.2 Å². The molecule has 0 bridgehead atoms. The van der Waals surface area contributed by atoms with Gasteiger partial charge in [-0.15, -0.1) is 24.0 Å². The Bertz CT molecular complexity index is 867. The van der Waals surface area contributed by atoms with E-state index in [9.17, 15) is 0 Å². The fourth-order valence-corrected chi connectivity index (χ4v) is 2.95. The van der Waals surface area contributed by atoms with Crippen molar-refractivity contribution in [1.82, 2.24) is 20.0 Å². The summed E-state index contributed by atoms with van der Waals surface area (Å²) in [5.74, 6) is 0.844. The Kier molecular flexibility index (Phi) is 8.09. The van der Waals surface area contributed by atoms with Gasteiger partial charge < -0.3 is 15.0 Å². The van der Waals surface area contributed by atoms with Gasteiger partial charge in [0, 0.05) is 31.9 Å². The molecule has 0 aliphatic carbocycles. The maximum atomic E-state index is 4.72. The van der Waals surface area contributed by atoms with Crippen LogP contribution in [0.15, 0.2) is 53.8 Å². The summed E-state index contributed by atoms with van der Waals surface area (Å²) in [6, 6.07) is 12.5. The van der Waals surface area contributed by atoms with Crippen LogP contribution in [-0.2, 0) is 13.0 Å². The second kappa shape index (κ2) is 10.3. The maximum Gasteiger partial charge on any atom is 0.191 e. The molecule has 27 heavy (non-hydrogen) atoms. The lowest BCUT2D eigenvalue weighted by molar-refractivity contribution is 0.791. The highest BCUT2D eigenvalue weighted by Crippen LogP contribution is 2.11. The van der Waals surface area contributed by atoms with Crippen molar-refractivity contribution in [2.45, 2.75) is 33.7 Å². The number of guanidine groups is 1. The normalized spacial score (nSPS) is 11.3. The van der Waals surface area contributed by atoms with Gasteiger partial charge in [0.15, 0.2) is 5.96 Å². The number of hydrogen-bond acceptors (Lipinski definition) is 2. The van der Waals surface area contributed by atoms with Crippen molar-refractivity contribution < 1.29 is 0 Å². The number of rotatable bonds is 6. The molecule has 144 valence electrons. The van der Waals surface area contributed by atoms with Crippen molar-refractivity contribution in [3.05, 3.63) is 71.2 Å². The summed E-state index contributed by atoms with van der Waals surface area (Å²) in [4.78, 5) is 9.35. The molecule has 0 aliphatic rings. The minimum absolute atomic E-state index is 0. The highest BCUT2D eigenvalue weighted by molar-refractivity contribution is 14.0. The van der Waals surface area contributed by atoms with E-state index in [0.29, 0.717) is 6.54 Å². The van der Waals surface area contributed by atoms with Crippen LogP contribution in [0.25, 0.3) is 5.65 Å². The van der Waals surface area contributed by atoms with Gasteiger partial charge in [0.1, 0.15) is 5.65 Å². The molecule has 3 rings (SSSR count). The van der Waals surface area contributed by atoms with Crippen LogP contribution >= 0.6 is 24.0 Å². The van der Waals surface area contributed by atoms with Crippen LogP contribution in [-0.4, -0.2) is 28.4 Å². The van der Waals surface area contributed by atoms with Crippen LogP contribution in [0.3, 0.4) is 0 Å². The fourth-order valence-electron chi connectivity index (χ4n) is 2.95. The predicted octanol–water partition coefficient (Wildman–Crippen LogP) is 3.87. The number of halogens is 1. The molecule has 0 saturated carbocycles. The van der Waals surface area contributed by atoms with E-state index >= 15 is 0 Å². The molecule has 0 aliphatic heterocycles. The van der Waals surface area contributed by atoms with Crippen molar-refractivity contribution in [3.8, 4) is 0 Å². The number of fused-ring (bicyclic) bond motifs is 1. The molecule has 2 N–H and O–H groups in total. The largest absolute Gasteiger partial charge is 0.357 e. The summed E-state index contributed by atoms with van der Waals surface area (Å²) in [5.41, 5.74) is 5.89. The Morgan fingerprint density at radius 3 is 2.74 bits per heavy atom. The second-order valence-electron chi connectivity index (χ2n) is 6.50. The Hall–Kier alpha value is -2.09. The zero-order valence-electron chi connectivity index (χ0n) is 16.2. The summed E-state index contributed by atoms with van der Waals surface area (Å²) in [5, 5.41) is 6.71. The highest BCUT2D eigenvalue weighted by atomic mass is 127. The topological polar surface area (TPSA) is 53.7 Å². The van der Waals surface area contributed by atoms with Crippen LogP contribution in [0.5, 0.6) is 0 Å². The Morgan fingerprint density at radius 2 is 2.00 bits per heavy atom. The van der Waals surface area contributed by atoms with E-state index in [1.54, 1.807) is 0 Å². The first-order valence-electron chi connectivity index (χ1n) is 9.16. The molecule has 0 saturated heterocycles. The maximum absolute atomic E-state index is 4.72. The average Bonchev–Trinajstić information content (AvgIpc) is 3.03. The number of aromatic nitrogens is 2. The standard InChI is InChI=1S/C21H27N5.HI/c1-4-22-21(24-14-18-9-8-16(2)13-17(18)3)23-11-10-19-15-26-12-6-5-7-20(26)25-19;/h5-9,12-13,15H,4,10-11,14H2,1-3H3,(H2,22,23,24);1H. The number of aryl methyl sites for hydroxylation is 2. The first-order chi connectivity index (χ1) is 12.7. The Morgan fingerprint density at radius 1 is 1.15 bits per heavy atom. The van der Waals surface area contributed by atoms with Crippen molar-refractivity contribution >= 4 is 35.6 Å². The van der Waals surface area contributed by atoms with Gasteiger partial charge in [-0.3, -0.25) is 0 Å². The third-order valence-electron chi connectivity index (χ3n) is 4.34. The smallest absolute Gasteiger partial charge is 0.191 e. The zero-order valence-corrected chi connectivity index (χ0v) is 18.5. The molecule has 0 unspecified atom stereocenters. The predicted molar refractivity (Wildman–Crippen MR) is 123 cm³/mol. The number of nitrogens with zero attached hydrogens (tertiary/aromatic N) is 3. The number of pyridine rings is 1.